The quantitative estimate of drug-likeness (QED) is 0.888. The summed E-state index contributed by atoms with van der Waals surface area (Å²) in [5.41, 5.74) is 2.94. The Kier molecular flexibility index (Phi) is 4.73. The molecule has 0 radical (unpaired) electrons. The first kappa shape index (κ1) is 15.7. The number of nitrogens with zero attached hydrogens (tertiary/aromatic N) is 2. The molecular formula is C17H21N3O3. The van der Waals surface area contributed by atoms with Crippen LogP contribution in [-0.4, -0.2) is 33.8 Å². The molecule has 2 aliphatic heterocycles. The highest BCUT2D eigenvalue weighted by molar-refractivity contribution is 5.87. The molecule has 1 aromatic carbocycles. The summed E-state index contributed by atoms with van der Waals surface area (Å²) in [4.78, 5) is 14.8. The Balaban J connectivity index is 0.000000151. The molecule has 0 saturated carbocycles. The zero-order valence-electron chi connectivity index (χ0n) is 13.2. The van der Waals surface area contributed by atoms with Gasteiger partial charge in [0.15, 0.2) is 0 Å². The molecule has 122 valence electrons. The minimum Gasteiger partial charge on any atom is -0.478 e. The van der Waals surface area contributed by atoms with Crippen LogP contribution in [0.3, 0.4) is 0 Å². The average Bonchev–Trinajstić information content (AvgIpc) is 3.26. The number of aromatic carboxylic acids is 1. The summed E-state index contributed by atoms with van der Waals surface area (Å²) in [5, 5.41) is 11.7. The maximum absolute atomic E-state index is 10.2. The number of hydrogen-bond donors (Lipinski definition) is 2. The molecule has 0 amide bonds. The number of fused-ring (bicyclic) bond motifs is 1. The smallest absolute Gasteiger partial charge is 0.335 e. The summed E-state index contributed by atoms with van der Waals surface area (Å²) in [7, 11) is 0. The van der Waals surface area contributed by atoms with E-state index in [2.05, 4.69) is 21.8 Å². The van der Waals surface area contributed by atoms with E-state index in [0.717, 1.165) is 38.5 Å². The molecular weight excluding hydrogens is 294 g/mol. The van der Waals surface area contributed by atoms with E-state index in [4.69, 9.17) is 9.84 Å². The number of carbonyl (C=O) groups is 1. The van der Waals surface area contributed by atoms with Gasteiger partial charge in [-0.05, 0) is 25.5 Å². The molecule has 0 aliphatic carbocycles. The highest BCUT2D eigenvalue weighted by Crippen LogP contribution is 2.26. The van der Waals surface area contributed by atoms with Gasteiger partial charge in [-0.25, -0.2) is 9.78 Å². The van der Waals surface area contributed by atoms with Gasteiger partial charge in [-0.1, -0.05) is 18.2 Å². The van der Waals surface area contributed by atoms with Gasteiger partial charge in [-0.3, -0.25) is 0 Å². The van der Waals surface area contributed by atoms with Crippen molar-refractivity contribution in [3.05, 3.63) is 53.1 Å². The van der Waals surface area contributed by atoms with Crippen molar-refractivity contribution >= 4 is 5.97 Å². The molecule has 0 spiro atoms. The van der Waals surface area contributed by atoms with Crippen LogP contribution in [0.2, 0.25) is 0 Å². The molecule has 6 heteroatoms. The standard InChI is InChI=1S/C10H15N3O.C7H6O2/c1-7-12-9-4-11-5-10(9)13(7)8-2-3-14-6-8;8-7(9)6-4-2-1-3-5-6/h8,11H,2-6H2,1H3;1-5H,(H,8,9)/t8-;/m0./s1. The van der Waals surface area contributed by atoms with Crippen molar-refractivity contribution in [2.24, 2.45) is 0 Å². The SMILES string of the molecule is Cc1nc2c(n1[C@H]1CCOC1)CNC2.O=C(O)c1ccccc1. The van der Waals surface area contributed by atoms with Gasteiger partial charge in [-0.2, -0.15) is 0 Å². The Morgan fingerprint density at radius 3 is 2.74 bits per heavy atom. The number of imidazole rings is 1. The van der Waals surface area contributed by atoms with Crippen LogP contribution in [0, 0.1) is 6.92 Å². The second-order valence-electron chi connectivity index (χ2n) is 5.71. The summed E-state index contributed by atoms with van der Waals surface area (Å²) >= 11 is 0. The summed E-state index contributed by atoms with van der Waals surface area (Å²) < 4.78 is 7.79. The first-order valence-corrected chi connectivity index (χ1v) is 7.80. The van der Waals surface area contributed by atoms with Crippen molar-refractivity contribution in [2.45, 2.75) is 32.5 Å². The molecule has 1 atom stereocenters. The third kappa shape index (κ3) is 3.43. The van der Waals surface area contributed by atoms with Crippen LogP contribution in [-0.2, 0) is 17.8 Å². The van der Waals surface area contributed by atoms with E-state index in [9.17, 15) is 4.79 Å². The lowest BCUT2D eigenvalue weighted by molar-refractivity contribution is 0.0697. The maximum atomic E-state index is 10.2. The van der Waals surface area contributed by atoms with Gasteiger partial charge in [0, 0.05) is 19.7 Å². The number of aryl methyl sites for hydroxylation is 1. The normalized spacial score (nSPS) is 19.1. The Hall–Kier alpha value is -2.18. The lowest BCUT2D eigenvalue weighted by Gasteiger charge is -2.14. The molecule has 2 aromatic rings. The van der Waals surface area contributed by atoms with E-state index >= 15 is 0 Å². The lowest BCUT2D eigenvalue weighted by Crippen LogP contribution is -2.15. The molecule has 1 aromatic heterocycles. The van der Waals surface area contributed by atoms with E-state index in [-0.39, 0.29) is 0 Å². The largest absolute Gasteiger partial charge is 0.478 e. The van der Waals surface area contributed by atoms with Crippen molar-refractivity contribution in [3.8, 4) is 0 Å². The van der Waals surface area contributed by atoms with Crippen LogP contribution >= 0.6 is 0 Å². The number of aromatic nitrogens is 2. The molecule has 6 nitrogen and oxygen atoms in total. The van der Waals surface area contributed by atoms with Crippen molar-refractivity contribution in [1.82, 2.24) is 14.9 Å². The van der Waals surface area contributed by atoms with Crippen molar-refractivity contribution in [3.63, 3.8) is 0 Å². The zero-order chi connectivity index (χ0) is 16.2. The predicted molar refractivity (Wildman–Crippen MR) is 85.4 cm³/mol. The first-order chi connectivity index (χ1) is 11.2. The Labute approximate surface area is 135 Å². The molecule has 0 bridgehead atoms. The van der Waals surface area contributed by atoms with E-state index in [1.807, 2.05) is 0 Å². The summed E-state index contributed by atoms with van der Waals surface area (Å²) in [6.45, 7) is 5.73. The van der Waals surface area contributed by atoms with Gasteiger partial charge >= 0.3 is 5.97 Å². The summed E-state index contributed by atoms with van der Waals surface area (Å²) in [6.07, 6.45) is 1.13. The first-order valence-electron chi connectivity index (χ1n) is 7.80. The van der Waals surface area contributed by atoms with Crippen LogP contribution in [0.1, 0.15) is 40.0 Å². The fourth-order valence-corrected chi connectivity index (χ4v) is 3.07. The van der Waals surface area contributed by atoms with Gasteiger partial charge in [0.05, 0.1) is 29.6 Å². The number of carboxylic acid groups (broad SMARTS) is 1. The van der Waals surface area contributed by atoms with E-state index in [1.54, 1.807) is 30.3 Å². The minimum absolute atomic E-state index is 0.331. The maximum Gasteiger partial charge on any atom is 0.335 e. The van der Waals surface area contributed by atoms with Crippen LogP contribution in [0.25, 0.3) is 0 Å². The highest BCUT2D eigenvalue weighted by atomic mass is 16.5. The molecule has 3 heterocycles. The van der Waals surface area contributed by atoms with Crippen LogP contribution in [0.4, 0.5) is 0 Å². The van der Waals surface area contributed by atoms with Crippen LogP contribution in [0.5, 0.6) is 0 Å². The van der Waals surface area contributed by atoms with E-state index < -0.39 is 5.97 Å². The third-order valence-corrected chi connectivity index (χ3v) is 4.15. The monoisotopic (exact) mass is 315 g/mol. The fraction of sp³-hybridized carbons (Fsp3) is 0.412. The molecule has 2 N–H and O–H groups in total. The minimum atomic E-state index is -0.879. The van der Waals surface area contributed by atoms with Gasteiger partial charge in [-0.15, -0.1) is 0 Å². The number of benzene rings is 1. The lowest BCUT2D eigenvalue weighted by atomic mass is 10.2. The van der Waals surface area contributed by atoms with Gasteiger partial charge < -0.3 is 19.7 Å². The average molecular weight is 315 g/mol. The predicted octanol–water partition coefficient (Wildman–Crippen LogP) is 2.14. The molecule has 23 heavy (non-hydrogen) atoms. The highest BCUT2D eigenvalue weighted by Gasteiger charge is 2.26. The molecule has 4 rings (SSSR count). The third-order valence-electron chi connectivity index (χ3n) is 4.15. The van der Waals surface area contributed by atoms with Crippen LogP contribution < -0.4 is 5.32 Å². The van der Waals surface area contributed by atoms with Crippen molar-refractivity contribution < 1.29 is 14.6 Å². The molecule has 1 fully saturated rings. The Morgan fingerprint density at radius 1 is 1.35 bits per heavy atom. The number of ether oxygens (including phenoxy) is 1. The number of hydrogen-bond acceptors (Lipinski definition) is 4. The van der Waals surface area contributed by atoms with E-state index in [1.165, 1.54) is 11.4 Å². The number of nitrogens with one attached hydrogen (secondary N) is 1. The van der Waals surface area contributed by atoms with Crippen molar-refractivity contribution in [2.75, 3.05) is 13.2 Å². The second-order valence-corrected chi connectivity index (χ2v) is 5.71. The fourth-order valence-electron chi connectivity index (χ4n) is 3.07. The number of carboxylic acids is 1. The number of rotatable bonds is 2. The van der Waals surface area contributed by atoms with Crippen LogP contribution in [0.15, 0.2) is 30.3 Å². The summed E-state index contributed by atoms with van der Waals surface area (Å²) in [5.74, 6) is 0.266. The van der Waals surface area contributed by atoms with Gasteiger partial charge in [0.25, 0.3) is 0 Å². The van der Waals surface area contributed by atoms with E-state index in [0.29, 0.717) is 11.6 Å². The Bertz CT molecular complexity index is 676. The topological polar surface area (TPSA) is 76.4 Å². The second kappa shape index (κ2) is 6.93. The molecule has 0 unspecified atom stereocenters. The molecule has 2 aliphatic rings. The molecule has 1 saturated heterocycles. The zero-order valence-corrected chi connectivity index (χ0v) is 13.2. The summed E-state index contributed by atoms with van der Waals surface area (Å²) in [6, 6.07) is 8.82. The van der Waals surface area contributed by atoms with Gasteiger partial charge in [0.1, 0.15) is 5.82 Å². The van der Waals surface area contributed by atoms with Gasteiger partial charge in [0.2, 0.25) is 0 Å². The Morgan fingerprint density at radius 2 is 2.13 bits per heavy atom. The van der Waals surface area contributed by atoms with Crippen molar-refractivity contribution in [1.29, 1.82) is 0 Å².